The summed E-state index contributed by atoms with van der Waals surface area (Å²) in [6.45, 7) is 3.45. The van der Waals surface area contributed by atoms with Crippen molar-refractivity contribution in [2.75, 3.05) is 36.4 Å². The SMILES string of the molecule is Fc1c(CNc2nc3nccn3c3cnc(N4CCNCC4)cc23)cccc1C(F)F. The molecule has 1 aromatic carbocycles. The Morgan fingerprint density at radius 2 is 2.00 bits per heavy atom. The quantitative estimate of drug-likeness (QED) is 0.509. The molecule has 7 nitrogen and oxygen atoms in total. The molecular weight excluding hydrogens is 407 g/mol. The number of fused-ring (bicyclic) bond motifs is 3. The number of rotatable bonds is 5. The lowest BCUT2D eigenvalue weighted by Gasteiger charge is -2.28. The first-order chi connectivity index (χ1) is 15.1. The van der Waals surface area contributed by atoms with Crippen LogP contribution in [0.3, 0.4) is 0 Å². The van der Waals surface area contributed by atoms with E-state index in [1.54, 1.807) is 18.6 Å². The Labute approximate surface area is 175 Å². The van der Waals surface area contributed by atoms with Crippen LogP contribution in [0.2, 0.25) is 0 Å². The maximum absolute atomic E-state index is 14.5. The summed E-state index contributed by atoms with van der Waals surface area (Å²) in [6, 6.07) is 5.95. The number of nitrogens with one attached hydrogen (secondary N) is 2. The lowest BCUT2D eigenvalue weighted by atomic mass is 10.1. The molecule has 1 fully saturated rings. The molecule has 1 aliphatic rings. The van der Waals surface area contributed by atoms with E-state index in [1.165, 1.54) is 12.1 Å². The smallest absolute Gasteiger partial charge is 0.266 e. The number of aromatic nitrogens is 4. The van der Waals surface area contributed by atoms with Gasteiger partial charge in [0.05, 0.1) is 17.3 Å². The third-order valence-corrected chi connectivity index (χ3v) is 5.45. The van der Waals surface area contributed by atoms with Gasteiger partial charge in [-0.05, 0) is 6.07 Å². The Morgan fingerprint density at radius 1 is 1.16 bits per heavy atom. The van der Waals surface area contributed by atoms with Crippen LogP contribution in [0.1, 0.15) is 17.6 Å². The van der Waals surface area contributed by atoms with Crippen molar-refractivity contribution in [1.29, 1.82) is 0 Å². The van der Waals surface area contributed by atoms with Crippen molar-refractivity contribution in [3.63, 3.8) is 0 Å². The summed E-state index contributed by atoms with van der Waals surface area (Å²) in [7, 11) is 0. The number of anilines is 2. The minimum absolute atomic E-state index is 0.0106. The zero-order valence-electron chi connectivity index (χ0n) is 16.5. The van der Waals surface area contributed by atoms with Crippen LogP contribution in [0, 0.1) is 5.82 Å². The van der Waals surface area contributed by atoms with Crippen LogP contribution >= 0.6 is 0 Å². The summed E-state index contributed by atoms with van der Waals surface area (Å²) in [5.41, 5.74) is 0.337. The molecule has 4 heterocycles. The molecule has 10 heteroatoms. The van der Waals surface area contributed by atoms with E-state index in [1.807, 2.05) is 10.5 Å². The Kier molecular flexibility index (Phi) is 5.06. The van der Waals surface area contributed by atoms with Gasteiger partial charge in [0.2, 0.25) is 5.78 Å². The molecule has 2 N–H and O–H groups in total. The number of hydrogen-bond donors (Lipinski definition) is 2. The highest BCUT2D eigenvalue weighted by Crippen LogP contribution is 2.28. The van der Waals surface area contributed by atoms with Crippen molar-refractivity contribution in [1.82, 2.24) is 24.7 Å². The van der Waals surface area contributed by atoms with Crippen molar-refractivity contribution in [3.8, 4) is 0 Å². The molecule has 31 heavy (non-hydrogen) atoms. The predicted octanol–water partition coefficient (Wildman–Crippen LogP) is 3.38. The van der Waals surface area contributed by atoms with Gasteiger partial charge in [0, 0.05) is 56.1 Å². The minimum atomic E-state index is -2.87. The third-order valence-electron chi connectivity index (χ3n) is 5.45. The monoisotopic (exact) mass is 427 g/mol. The first-order valence-corrected chi connectivity index (χ1v) is 9.99. The molecule has 0 saturated carbocycles. The molecule has 1 aliphatic heterocycles. The topological polar surface area (TPSA) is 70.4 Å². The van der Waals surface area contributed by atoms with E-state index >= 15 is 0 Å². The highest BCUT2D eigenvalue weighted by atomic mass is 19.3. The first-order valence-electron chi connectivity index (χ1n) is 9.99. The van der Waals surface area contributed by atoms with Crippen LogP contribution in [0.15, 0.2) is 42.9 Å². The number of alkyl halides is 2. The highest BCUT2D eigenvalue weighted by molar-refractivity contribution is 5.92. The summed E-state index contributed by atoms with van der Waals surface area (Å²) in [5.74, 6) is 0.881. The third kappa shape index (κ3) is 3.63. The van der Waals surface area contributed by atoms with Crippen LogP contribution in [-0.4, -0.2) is 45.5 Å². The lowest BCUT2D eigenvalue weighted by molar-refractivity contribution is 0.146. The van der Waals surface area contributed by atoms with E-state index in [9.17, 15) is 13.2 Å². The summed E-state index contributed by atoms with van der Waals surface area (Å²) in [6.07, 6.45) is 2.34. The largest absolute Gasteiger partial charge is 0.365 e. The second-order valence-corrected chi connectivity index (χ2v) is 7.33. The normalized spacial score (nSPS) is 14.6. The molecule has 0 amide bonds. The van der Waals surface area contributed by atoms with Gasteiger partial charge in [-0.2, -0.15) is 4.98 Å². The molecule has 0 atom stereocenters. The maximum Gasteiger partial charge on any atom is 0.266 e. The molecule has 0 bridgehead atoms. The lowest BCUT2D eigenvalue weighted by Crippen LogP contribution is -2.43. The van der Waals surface area contributed by atoms with Gasteiger partial charge in [0.15, 0.2) is 0 Å². The predicted molar refractivity (Wildman–Crippen MR) is 112 cm³/mol. The fourth-order valence-electron chi connectivity index (χ4n) is 3.83. The fraction of sp³-hybridized carbons (Fsp3) is 0.286. The standard InChI is InChI=1S/C21H20F3N7/c22-18-13(2-1-3-14(18)19(23)24)11-28-20-15-10-17(30-7-4-25-5-8-30)27-12-16(15)31-9-6-26-21(31)29-20/h1-3,6,9-10,12,19,25H,4-5,7-8,11H2,(H,26,28,29). The number of halogens is 3. The van der Waals surface area contributed by atoms with Crippen molar-refractivity contribution >= 4 is 28.3 Å². The molecule has 0 radical (unpaired) electrons. The van der Waals surface area contributed by atoms with Gasteiger partial charge in [-0.1, -0.05) is 18.2 Å². The van der Waals surface area contributed by atoms with Gasteiger partial charge < -0.3 is 15.5 Å². The number of pyridine rings is 1. The summed E-state index contributed by atoms with van der Waals surface area (Å²) < 4.78 is 42.4. The molecular formula is C21H20F3N7. The zero-order valence-corrected chi connectivity index (χ0v) is 16.5. The van der Waals surface area contributed by atoms with Gasteiger partial charge in [0.25, 0.3) is 6.43 Å². The second kappa shape index (κ2) is 8.03. The van der Waals surface area contributed by atoms with Gasteiger partial charge in [0.1, 0.15) is 17.5 Å². The maximum atomic E-state index is 14.5. The average Bonchev–Trinajstić information content (AvgIpc) is 3.27. The van der Waals surface area contributed by atoms with Crippen molar-refractivity contribution in [2.24, 2.45) is 0 Å². The minimum Gasteiger partial charge on any atom is -0.365 e. The van der Waals surface area contributed by atoms with Gasteiger partial charge in [-0.3, -0.25) is 4.40 Å². The summed E-state index contributed by atoms with van der Waals surface area (Å²) in [5, 5.41) is 7.22. The Bertz CT molecular complexity index is 1230. The molecule has 5 rings (SSSR count). The summed E-state index contributed by atoms with van der Waals surface area (Å²) in [4.78, 5) is 15.6. The zero-order chi connectivity index (χ0) is 21.4. The van der Waals surface area contributed by atoms with Crippen LogP contribution < -0.4 is 15.5 Å². The molecule has 4 aromatic rings. The Balaban J connectivity index is 1.54. The number of benzene rings is 1. The average molecular weight is 427 g/mol. The molecule has 3 aromatic heterocycles. The van der Waals surface area contributed by atoms with E-state index in [0.717, 1.165) is 49.0 Å². The first kappa shape index (κ1) is 19.6. The fourth-order valence-corrected chi connectivity index (χ4v) is 3.83. The van der Waals surface area contributed by atoms with Gasteiger partial charge in [-0.25, -0.2) is 23.1 Å². The van der Waals surface area contributed by atoms with E-state index in [0.29, 0.717) is 11.6 Å². The Hall–Kier alpha value is -3.40. The van der Waals surface area contributed by atoms with Gasteiger partial charge >= 0.3 is 0 Å². The second-order valence-electron chi connectivity index (χ2n) is 7.33. The van der Waals surface area contributed by atoms with Crippen LogP contribution in [-0.2, 0) is 6.54 Å². The van der Waals surface area contributed by atoms with Crippen molar-refractivity contribution in [2.45, 2.75) is 13.0 Å². The van der Waals surface area contributed by atoms with Crippen LogP contribution in [0.25, 0.3) is 16.7 Å². The van der Waals surface area contributed by atoms with Crippen LogP contribution in [0.4, 0.5) is 24.8 Å². The number of piperazine rings is 1. The molecule has 1 saturated heterocycles. The molecule has 0 aliphatic carbocycles. The van der Waals surface area contributed by atoms with E-state index in [2.05, 4.69) is 30.5 Å². The van der Waals surface area contributed by atoms with Crippen molar-refractivity contribution < 1.29 is 13.2 Å². The highest BCUT2D eigenvalue weighted by Gasteiger charge is 2.18. The number of imidazole rings is 1. The molecule has 0 spiro atoms. The van der Waals surface area contributed by atoms with E-state index in [4.69, 9.17) is 0 Å². The number of nitrogens with zero attached hydrogens (tertiary/aromatic N) is 5. The van der Waals surface area contributed by atoms with Crippen molar-refractivity contribution in [3.05, 3.63) is 59.8 Å². The molecule has 160 valence electrons. The summed E-state index contributed by atoms with van der Waals surface area (Å²) >= 11 is 0. The van der Waals surface area contributed by atoms with E-state index in [-0.39, 0.29) is 12.1 Å². The number of hydrogen-bond acceptors (Lipinski definition) is 6. The van der Waals surface area contributed by atoms with E-state index < -0.39 is 17.8 Å². The Morgan fingerprint density at radius 3 is 2.81 bits per heavy atom. The molecule has 0 unspecified atom stereocenters. The van der Waals surface area contributed by atoms with Crippen LogP contribution in [0.5, 0.6) is 0 Å². The van der Waals surface area contributed by atoms with Gasteiger partial charge in [-0.15, -0.1) is 0 Å².